The summed E-state index contributed by atoms with van der Waals surface area (Å²) in [6.07, 6.45) is 3.88. The molecule has 11 heteroatoms. The first-order valence-corrected chi connectivity index (χ1v) is 10.9. The molecule has 4 rings (SSSR count). The molecule has 0 saturated heterocycles. The van der Waals surface area contributed by atoms with E-state index in [4.69, 9.17) is 0 Å². The van der Waals surface area contributed by atoms with Crippen LogP contribution in [0.2, 0.25) is 0 Å². The van der Waals surface area contributed by atoms with Crippen LogP contribution in [-0.4, -0.2) is 58.5 Å². The highest BCUT2D eigenvalue weighted by atomic mass is 19.1. The van der Waals surface area contributed by atoms with Gasteiger partial charge in [-0.1, -0.05) is 0 Å². The summed E-state index contributed by atoms with van der Waals surface area (Å²) < 4.78 is 14.8. The lowest BCUT2D eigenvalue weighted by atomic mass is 9.89. The molecule has 1 amide bonds. The molecule has 10 nitrogen and oxygen atoms in total. The Morgan fingerprint density at radius 3 is 2.70 bits per heavy atom. The number of aliphatic imine (C=N–C) groups is 1. The van der Waals surface area contributed by atoms with E-state index in [2.05, 4.69) is 32.8 Å². The van der Waals surface area contributed by atoms with Crippen molar-refractivity contribution in [3.05, 3.63) is 52.0 Å². The Kier molecular flexibility index (Phi) is 6.32. The van der Waals surface area contributed by atoms with Crippen molar-refractivity contribution in [1.82, 2.24) is 20.2 Å². The van der Waals surface area contributed by atoms with Gasteiger partial charge in [-0.2, -0.15) is 10.1 Å². The number of anilines is 1. The van der Waals surface area contributed by atoms with Gasteiger partial charge in [0.15, 0.2) is 5.82 Å². The maximum absolute atomic E-state index is 13.3. The number of nitrogens with one attached hydrogen (secondary N) is 3. The molecule has 1 aromatic heterocycles. The number of amides is 1. The zero-order valence-electron chi connectivity index (χ0n) is 18.6. The first-order valence-electron chi connectivity index (χ1n) is 10.9. The van der Waals surface area contributed by atoms with Gasteiger partial charge in [0, 0.05) is 32.1 Å². The van der Waals surface area contributed by atoms with Gasteiger partial charge in [0.05, 0.1) is 17.7 Å². The Labute approximate surface area is 190 Å². The predicted molar refractivity (Wildman–Crippen MR) is 123 cm³/mol. The number of carbonyl (C=O) groups is 1. The summed E-state index contributed by atoms with van der Waals surface area (Å²) in [7, 11) is 1.68. The van der Waals surface area contributed by atoms with E-state index in [0.29, 0.717) is 37.3 Å². The number of pyridine rings is 1. The van der Waals surface area contributed by atoms with E-state index >= 15 is 0 Å². The molecule has 0 aromatic carbocycles. The molecule has 0 unspecified atom stereocenters. The van der Waals surface area contributed by atoms with Crippen LogP contribution in [0.1, 0.15) is 38.6 Å². The highest BCUT2D eigenvalue weighted by Crippen LogP contribution is 2.33. The predicted octanol–water partition coefficient (Wildman–Crippen LogP) is 1.19. The van der Waals surface area contributed by atoms with Gasteiger partial charge in [0.1, 0.15) is 23.5 Å². The van der Waals surface area contributed by atoms with Gasteiger partial charge >= 0.3 is 0 Å². The molecular weight excluding hydrogens is 429 g/mol. The van der Waals surface area contributed by atoms with Crippen LogP contribution in [0.4, 0.5) is 10.1 Å². The fourth-order valence-electron chi connectivity index (χ4n) is 3.93. The number of hydrogen-bond donors (Lipinski definition) is 4. The third kappa shape index (κ3) is 4.40. The van der Waals surface area contributed by atoms with Gasteiger partial charge in [0.2, 0.25) is 0 Å². The molecule has 2 heterocycles. The minimum atomic E-state index is -0.873. The molecule has 3 aliphatic rings. The van der Waals surface area contributed by atoms with E-state index < -0.39 is 12.3 Å². The number of rotatable bonds is 6. The molecule has 2 atom stereocenters. The monoisotopic (exact) mass is 457 g/mol. The van der Waals surface area contributed by atoms with E-state index in [1.807, 2.05) is 0 Å². The zero-order chi connectivity index (χ0) is 23.7. The number of hydrazone groups is 1. The molecule has 0 spiro atoms. The Bertz CT molecular complexity index is 1100. The standard InChI is InChI=1S/C22H28FN7O3/c1-12(21(32)27-15-6-7-17(15)31)20-28-18(11-19(24-2)30(20)25-3)26-16-5-4-8-29(22(16)33)14-9-13(23)10-14/h4-5,8,11,13-15,17,24,31H,3,6-7,9-10H2,1-2H3,(H,26,28)(H,27,32)/b20-12+/t13-,14-,15-,17-/m0/s1. The van der Waals surface area contributed by atoms with Gasteiger partial charge in [-0.05, 0) is 44.7 Å². The Morgan fingerprint density at radius 2 is 2.12 bits per heavy atom. The van der Waals surface area contributed by atoms with Crippen molar-refractivity contribution in [2.45, 2.75) is 57.0 Å². The number of hydrogen-bond acceptors (Lipinski definition) is 8. The molecule has 1 aromatic rings. The number of amidine groups is 1. The topological polar surface area (TPSA) is 123 Å². The first-order chi connectivity index (χ1) is 15.8. The minimum Gasteiger partial charge on any atom is -0.391 e. The summed E-state index contributed by atoms with van der Waals surface area (Å²) in [6.45, 7) is 5.17. The summed E-state index contributed by atoms with van der Waals surface area (Å²) in [5.74, 6) is 0.651. The highest BCUT2D eigenvalue weighted by molar-refractivity contribution is 6.06. The molecule has 0 radical (unpaired) electrons. The number of halogens is 1. The van der Waals surface area contributed by atoms with E-state index in [-0.39, 0.29) is 40.6 Å². The summed E-state index contributed by atoms with van der Waals surface area (Å²) in [4.78, 5) is 30.2. The van der Waals surface area contributed by atoms with Crippen molar-refractivity contribution in [2.75, 3.05) is 12.4 Å². The van der Waals surface area contributed by atoms with Crippen molar-refractivity contribution < 1.29 is 14.3 Å². The van der Waals surface area contributed by atoms with Crippen LogP contribution in [0, 0.1) is 0 Å². The van der Waals surface area contributed by atoms with E-state index in [0.717, 1.165) is 0 Å². The molecule has 2 saturated carbocycles. The lowest BCUT2D eigenvalue weighted by molar-refractivity contribution is -0.120. The van der Waals surface area contributed by atoms with E-state index in [1.54, 1.807) is 38.4 Å². The van der Waals surface area contributed by atoms with E-state index in [1.165, 1.54) is 9.58 Å². The minimum absolute atomic E-state index is 0.158. The number of alkyl halides is 1. The smallest absolute Gasteiger partial charge is 0.274 e. The van der Waals surface area contributed by atoms with Gasteiger partial charge in [0.25, 0.3) is 11.5 Å². The SMILES string of the molecule is C=NN1C(NC)=CC(Nc2cccn([C@H]3C[C@H](F)C3)c2=O)=N/C1=C(/C)C(=O)N[C@H]1CC[C@@H]1O. The van der Waals surface area contributed by atoms with Crippen LogP contribution in [0.3, 0.4) is 0 Å². The lowest BCUT2D eigenvalue weighted by Gasteiger charge is -2.33. The number of aliphatic hydroxyl groups excluding tert-OH is 1. The molecule has 176 valence electrons. The zero-order valence-corrected chi connectivity index (χ0v) is 18.6. The van der Waals surface area contributed by atoms with Gasteiger partial charge in [-0.25, -0.2) is 9.38 Å². The van der Waals surface area contributed by atoms with Crippen LogP contribution in [0.5, 0.6) is 0 Å². The normalized spacial score (nSPS) is 27.9. The quantitative estimate of drug-likeness (QED) is 0.376. The van der Waals surface area contributed by atoms with Gasteiger partial charge < -0.3 is 25.6 Å². The molecule has 33 heavy (non-hydrogen) atoms. The number of aromatic nitrogens is 1. The molecular formula is C22H28FN7O3. The summed E-state index contributed by atoms with van der Waals surface area (Å²) >= 11 is 0. The maximum Gasteiger partial charge on any atom is 0.274 e. The highest BCUT2D eigenvalue weighted by Gasteiger charge is 2.33. The average Bonchev–Trinajstić information content (AvgIpc) is 2.79. The van der Waals surface area contributed by atoms with Crippen molar-refractivity contribution in [3.8, 4) is 0 Å². The Morgan fingerprint density at radius 1 is 1.36 bits per heavy atom. The fraction of sp³-hybridized carbons (Fsp3) is 0.455. The molecule has 2 aliphatic carbocycles. The molecule has 4 N–H and O–H groups in total. The van der Waals surface area contributed by atoms with Crippen molar-refractivity contribution >= 4 is 24.1 Å². The second kappa shape index (κ2) is 9.18. The summed E-state index contributed by atoms with van der Waals surface area (Å²) in [5.41, 5.74) is 0.277. The summed E-state index contributed by atoms with van der Waals surface area (Å²) in [5, 5.41) is 23.9. The van der Waals surface area contributed by atoms with Crippen LogP contribution < -0.4 is 21.5 Å². The van der Waals surface area contributed by atoms with Gasteiger partial charge in [-0.3, -0.25) is 9.59 Å². The number of aliphatic hydroxyl groups is 1. The average molecular weight is 458 g/mol. The van der Waals surface area contributed by atoms with Crippen molar-refractivity contribution in [3.63, 3.8) is 0 Å². The van der Waals surface area contributed by atoms with Crippen molar-refractivity contribution in [2.24, 2.45) is 10.1 Å². The van der Waals surface area contributed by atoms with Gasteiger partial charge in [-0.15, -0.1) is 0 Å². The molecule has 0 bridgehead atoms. The van der Waals surface area contributed by atoms with Crippen LogP contribution in [-0.2, 0) is 4.79 Å². The van der Waals surface area contributed by atoms with Crippen LogP contribution >= 0.6 is 0 Å². The Hall–Kier alpha value is -3.47. The summed E-state index contributed by atoms with van der Waals surface area (Å²) in [6, 6.07) is 2.90. The second-order valence-corrected chi connectivity index (χ2v) is 8.38. The Balaban J connectivity index is 1.63. The molecule has 1 aliphatic heterocycles. The largest absolute Gasteiger partial charge is 0.391 e. The van der Waals surface area contributed by atoms with E-state index in [9.17, 15) is 19.1 Å². The first kappa shape index (κ1) is 22.7. The number of nitrogens with zero attached hydrogens (tertiary/aromatic N) is 4. The third-order valence-corrected chi connectivity index (χ3v) is 6.24. The van der Waals surface area contributed by atoms with Crippen LogP contribution in [0.25, 0.3) is 0 Å². The fourth-order valence-corrected chi connectivity index (χ4v) is 3.93. The molecule has 2 fully saturated rings. The lowest BCUT2D eigenvalue weighted by Crippen LogP contribution is -2.50. The van der Waals surface area contributed by atoms with Crippen molar-refractivity contribution in [1.29, 1.82) is 0 Å². The number of carbonyl (C=O) groups excluding carboxylic acids is 1. The second-order valence-electron chi connectivity index (χ2n) is 8.38. The van der Waals surface area contributed by atoms with Crippen LogP contribution in [0.15, 0.2) is 56.5 Å². The maximum atomic E-state index is 13.3. The third-order valence-electron chi connectivity index (χ3n) is 6.24.